The van der Waals surface area contributed by atoms with Gasteiger partial charge in [0.05, 0.1) is 12.2 Å². The second-order valence-electron chi connectivity index (χ2n) is 9.45. The predicted octanol–water partition coefficient (Wildman–Crippen LogP) is 2.69. The molecule has 4 fully saturated rings. The summed E-state index contributed by atoms with van der Waals surface area (Å²) in [4.78, 5) is 0. The zero-order chi connectivity index (χ0) is 15.7. The van der Waals surface area contributed by atoms with Crippen molar-refractivity contribution in [3.63, 3.8) is 0 Å². The van der Waals surface area contributed by atoms with Gasteiger partial charge in [0.2, 0.25) is 0 Å². The number of fused-ring (bicyclic) bond motifs is 5. The summed E-state index contributed by atoms with van der Waals surface area (Å²) < 4.78 is 0. The van der Waals surface area contributed by atoms with Gasteiger partial charge in [0.25, 0.3) is 0 Å². The first kappa shape index (κ1) is 15.4. The Labute approximate surface area is 134 Å². The van der Waals surface area contributed by atoms with E-state index in [0.717, 1.165) is 32.1 Å². The summed E-state index contributed by atoms with van der Waals surface area (Å²) in [5, 5.41) is 21.0. The van der Waals surface area contributed by atoms with Crippen LogP contribution in [0.2, 0.25) is 0 Å². The maximum absolute atomic E-state index is 11.0. The van der Waals surface area contributed by atoms with Crippen LogP contribution in [0.3, 0.4) is 0 Å². The van der Waals surface area contributed by atoms with E-state index in [0.29, 0.717) is 35.1 Å². The molecule has 4 N–H and O–H groups in total. The van der Waals surface area contributed by atoms with Crippen LogP contribution in [0.1, 0.15) is 65.2 Å². The molecule has 0 radical (unpaired) electrons. The summed E-state index contributed by atoms with van der Waals surface area (Å²) >= 11 is 0. The van der Waals surface area contributed by atoms with Crippen LogP contribution >= 0.6 is 0 Å². The molecule has 0 amide bonds. The third-order valence-electron chi connectivity index (χ3n) is 8.73. The quantitative estimate of drug-likeness (QED) is 0.644. The molecular formula is C19H33NO2. The first-order valence-corrected chi connectivity index (χ1v) is 9.48. The van der Waals surface area contributed by atoms with Gasteiger partial charge >= 0.3 is 0 Å². The topological polar surface area (TPSA) is 66.5 Å². The fourth-order valence-corrected chi connectivity index (χ4v) is 7.24. The molecule has 0 saturated heterocycles. The highest BCUT2D eigenvalue weighted by Crippen LogP contribution is 2.65. The van der Waals surface area contributed by atoms with Gasteiger partial charge in [-0.2, -0.15) is 0 Å². The lowest BCUT2D eigenvalue weighted by Crippen LogP contribution is -2.59. The molecule has 3 nitrogen and oxygen atoms in total. The van der Waals surface area contributed by atoms with Gasteiger partial charge in [0.15, 0.2) is 0 Å². The van der Waals surface area contributed by atoms with Crippen molar-refractivity contribution in [1.29, 1.82) is 0 Å². The second kappa shape index (κ2) is 4.94. The maximum atomic E-state index is 11.0. The number of rotatable bonds is 0. The lowest BCUT2D eigenvalue weighted by atomic mass is 9.44. The smallest absolute Gasteiger partial charge is 0.0577 e. The van der Waals surface area contributed by atoms with Gasteiger partial charge in [-0.25, -0.2) is 0 Å². The SMILES string of the molecule is C[C@]12CCC(O)CC1CC(O)[C@@H]1[C@H]2CC[C@]2(C)C(N)CC[C@@H]12. The van der Waals surface area contributed by atoms with Crippen LogP contribution in [-0.2, 0) is 0 Å². The molecule has 0 aliphatic heterocycles. The van der Waals surface area contributed by atoms with E-state index >= 15 is 0 Å². The first-order chi connectivity index (χ1) is 10.4. The average molecular weight is 307 g/mol. The van der Waals surface area contributed by atoms with Crippen LogP contribution in [0, 0.1) is 34.5 Å². The monoisotopic (exact) mass is 307 g/mol. The Balaban J connectivity index is 1.67. The highest BCUT2D eigenvalue weighted by atomic mass is 16.3. The van der Waals surface area contributed by atoms with Crippen molar-refractivity contribution in [1.82, 2.24) is 0 Å². The van der Waals surface area contributed by atoms with Gasteiger partial charge in [-0.15, -0.1) is 0 Å². The molecule has 4 aliphatic carbocycles. The molecule has 126 valence electrons. The summed E-state index contributed by atoms with van der Waals surface area (Å²) in [7, 11) is 0. The third-order valence-corrected chi connectivity index (χ3v) is 8.73. The molecule has 4 unspecified atom stereocenters. The number of aliphatic hydroxyl groups excluding tert-OH is 2. The number of aliphatic hydroxyl groups is 2. The van der Waals surface area contributed by atoms with E-state index in [4.69, 9.17) is 5.73 Å². The van der Waals surface area contributed by atoms with Crippen LogP contribution in [-0.4, -0.2) is 28.5 Å². The van der Waals surface area contributed by atoms with E-state index in [2.05, 4.69) is 13.8 Å². The molecule has 0 bridgehead atoms. The molecule has 3 heteroatoms. The molecule has 0 aromatic heterocycles. The number of nitrogens with two attached hydrogens (primary N) is 1. The summed E-state index contributed by atoms with van der Waals surface area (Å²) in [5.41, 5.74) is 7.04. The Bertz CT molecular complexity index is 455. The predicted molar refractivity (Wildman–Crippen MR) is 87.1 cm³/mol. The molecule has 4 rings (SSSR count). The molecule has 4 aliphatic rings. The lowest BCUT2D eigenvalue weighted by Gasteiger charge is -2.62. The molecule has 0 aromatic rings. The van der Waals surface area contributed by atoms with Crippen LogP contribution < -0.4 is 5.73 Å². The molecular weight excluding hydrogens is 274 g/mol. The lowest BCUT2D eigenvalue weighted by molar-refractivity contribution is -0.169. The fraction of sp³-hybridized carbons (Fsp3) is 1.00. The summed E-state index contributed by atoms with van der Waals surface area (Å²) in [6, 6.07) is 0.323. The normalized spacial score (nSPS) is 61.2. The van der Waals surface area contributed by atoms with Gasteiger partial charge in [0, 0.05) is 6.04 Å². The number of hydrogen-bond acceptors (Lipinski definition) is 3. The van der Waals surface area contributed by atoms with Crippen molar-refractivity contribution in [2.75, 3.05) is 0 Å². The molecule has 4 saturated carbocycles. The number of hydrogen-bond donors (Lipinski definition) is 3. The van der Waals surface area contributed by atoms with Gasteiger partial charge < -0.3 is 15.9 Å². The third kappa shape index (κ3) is 1.91. The highest BCUT2D eigenvalue weighted by molar-refractivity contribution is 5.12. The van der Waals surface area contributed by atoms with Gasteiger partial charge in [-0.3, -0.25) is 0 Å². The van der Waals surface area contributed by atoms with Crippen molar-refractivity contribution in [3.05, 3.63) is 0 Å². The Morgan fingerprint density at radius 3 is 2.32 bits per heavy atom. The van der Waals surface area contributed by atoms with E-state index in [1.807, 2.05) is 0 Å². The molecule has 0 spiro atoms. The zero-order valence-electron chi connectivity index (χ0n) is 14.2. The maximum Gasteiger partial charge on any atom is 0.0577 e. The largest absolute Gasteiger partial charge is 0.393 e. The molecule has 0 aromatic carbocycles. The highest BCUT2D eigenvalue weighted by Gasteiger charge is 2.61. The standard InChI is InChI=1S/C19H33NO2/c1-18-7-5-12(21)9-11(18)10-15(22)17-13-3-4-16(20)19(13,2)8-6-14(17)18/h11-17,21-22H,3-10,20H2,1-2H3/t11?,12?,13-,14+,15?,16?,17-,18-,19-/m0/s1. The van der Waals surface area contributed by atoms with E-state index in [1.54, 1.807) is 0 Å². The Kier molecular flexibility index (Phi) is 3.46. The summed E-state index contributed by atoms with van der Waals surface area (Å²) in [6.07, 6.45) is 8.38. The zero-order valence-corrected chi connectivity index (χ0v) is 14.2. The first-order valence-electron chi connectivity index (χ1n) is 9.48. The second-order valence-corrected chi connectivity index (χ2v) is 9.45. The van der Waals surface area contributed by atoms with E-state index in [1.165, 1.54) is 19.3 Å². The Morgan fingerprint density at radius 1 is 0.864 bits per heavy atom. The van der Waals surface area contributed by atoms with Crippen LogP contribution in [0.15, 0.2) is 0 Å². The average Bonchev–Trinajstić information content (AvgIpc) is 2.77. The minimum atomic E-state index is -0.178. The Morgan fingerprint density at radius 2 is 1.55 bits per heavy atom. The van der Waals surface area contributed by atoms with Gasteiger partial charge in [0.1, 0.15) is 0 Å². The molecule has 0 heterocycles. The Hall–Kier alpha value is -0.120. The summed E-state index contributed by atoms with van der Waals surface area (Å²) in [6.45, 7) is 4.85. The van der Waals surface area contributed by atoms with Crippen LogP contribution in [0.25, 0.3) is 0 Å². The minimum Gasteiger partial charge on any atom is -0.393 e. The minimum absolute atomic E-state index is 0.143. The van der Waals surface area contributed by atoms with Gasteiger partial charge in [-0.05, 0) is 85.9 Å². The van der Waals surface area contributed by atoms with Crippen molar-refractivity contribution in [2.45, 2.75) is 83.5 Å². The van der Waals surface area contributed by atoms with Crippen molar-refractivity contribution in [2.24, 2.45) is 40.2 Å². The van der Waals surface area contributed by atoms with Crippen molar-refractivity contribution >= 4 is 0 Å². The van der Waals surface area contributed by atoms with E-state index < -0.39 is 0 Å². The van der Waals surface area contributed by atoms with Crippen molar-refractivity contribution in [3.8, 4) is 0 Å². The van der Waals surface area contributed by atoms with Crippen LogP contribution in [0.5, 0.6) is 0 Å². The van der Waals surface area contributed by atoms with E-state index in [-0.39, 0.29) is 17.6 Å². The molecule has 9 atom stereocenters. The van der Waals surface area contributed by atoms with Crippen LogP contribution in [0.4, 0.5) is 0 Å². The van der Waals surface area contributed by atoms with E-state index in [9.17, 15) is 10.2 Å². The fourth-order valence-electron chi connectivity index (χ4n) is 7.24. The van der Waals surface area contributed by atoms with Gasteiger partial charge in [-0.1, -0.05) is 13.8 Å². The summed E-state index contributed by atoms with van der Waals surface area (Å²) in [5.74, 6) is 2.20. The molecule has 22 heavy (non-hydrogen) atoms. The van der Waals surface area contributed by atoms with Crippen molar-refractivity contribution < 1.29 is 10.2 Å².